The lowest BCUT2D eigenvalue weighted by atomic mass is 10.1. The second kappa shape index (κ2) is 5.82. The van der Waals surface area contributed by atoms with E-state index in [0.29, 0.717) is 18.5 Å². The summed E-state index contributed by atoms with van der Waals surface area (Å²) in [6.45, 7) is 6.57. The first-order chi connectivity index (χ1) is 8.28. The zero-order chi connectivity index (χ0) is 12.1. The molecule has 0 spiro atoms. The highest BCUT2D eigenvalue weighted by atomic mass is 16.5. The van der Waals surface area contributed by atoms with Gasteiger partial charge in [0.15, 0.2) is 0 Å². The van der Waals surface area contributed by atoms with E-state index in [-0.39, 0.29) is 0 Å². The summed E-state index contributed by atoms with van der Waals surface area (Å²) in [5.74, 6) is 2.24. The number of nitrogens with one attached hydrogen (secondary N) is 2. The molecule has 1 aliphatic heterocycles. The van der Waals surface area contributed by atoms with Crippen LogP contribution in [0.25, 0.3) is 0 Å². The minimum Gasteiger partial charge on any atom is -0.478 e. The van der Waals surface area contributed by atoms with Gasteiger partial charge < -0.3 is 15.4 Å². The quantitative estimate of drug-likeness (QED) is 0.826. The summed E-state index contributed by atoms with van der Waals surface area (Å²) in [6, 6.07) is 2.32. The maximum absolute atomic E-state index is 5.41. The zero-order valence-corrected chi connectivity index (χ0v) is 10.5. The number of rotatable bonds is 4. The molecule has 1 aromatic rings. The second-order valence-electron chi connectivity index (χ2n) is 4.26. The first kappa shape index (κ1) is 12.1. The van der Waals surface area contributed by atoms with E-state index in [0.717, 1.165) is 24.7 Å². The molecule has 2 rings (SSSR count). The van der Waals surface area contributed by atoms with Gasteiger partial charge in [-0.2, -0.15) is 4.98 Å². The van der Waals surface area contributed by atoms with Crippen molar-refractivity contribution in [3.63, 3.8) is 0 Å². The molecular weight excluding hydrogens is 216 g/mol. The minimum atomic E-state index is 0.451. The van der Waals surface area contributed by atoms with Gasteiger partial charge in [0.2, 0.25) is 5.88 Å². The Balaban J connectivity index is 2.03. The maximum atomic E-state index is 5.41. The van der Waals surface area contributed by atoms with Gasteiger partial charge in [0.05, 0.1) is 6.61 Å². The van der Waals surface area contributed by atoms with E-state index in [2.05, 4.69) is 20.6 Å². The topological polar surface area (TPSA) is 59.1 Å². The molecule has 2 N–H and O–H groups in total. The fourth-order valence-electron chi connectivity index (χ4n) is 2.02. The van der Waals surface area contributed by atoms with E-state index >= 15 is 0 Å². The van der Waals surface area contributed by atoms with Crippen LogP contribution in [0.3, 0.4) is 0 Å². The molecule has 2 heterocycles. The molecular formula is C12H20N4O. The Bertz CT molecular complexity index is 364. The molecule has 1 aliphatic rings. The maximum Gasteiger partial charge on any atom is 0.218 e. The lowest BCUT2D eigenvalue weighted by Gasteiger charge is -2.24. The Morgan fingerprint density at radius 3 is 3.12 bits per heavy atom. The average Bonchev–Trinajstić information content (AvgIpc) is 2.30. The summed E-state index contributed by atoms with van der Waals surface area (Å²) in [5, 5.41) is 6.80. The SMILES string of the molecule is CCOc1cc(NC2CCCNC2)nc(C)n1. The molecule has 1 fully saturated rings. The largest absolute Gasteiger partial charge is 0.478 e. The number of piperidine rings is 1. The van der Waals surface area contributed by atoms with Gasteiger partial charge in [0.25, 0.3) is 0 Å². The van der Waals surface area contributed by atoms with Crippen LogP contribution in [0.1, 0.15) is 25.6 Å². The summed E-state index contributed by atoms with van der Waals surface area (Å²) >= 11 is 0. The van der Waals surface area contributed by atoms with Crippen molar-refractivity contribution < 1.29 is 4.74 Å². The van der Waals surface area contributed by atoms with Gasteiger partial charge in [-0.1, -0.05) is 0 Å². The number of hydrogen-bond acceptors (Lipinski definition) is 5. The molecule has 17 heavy (non-hydrogen) atoms. The lowest BCUT2D eigenvalue weighted by Crippen LogP contribution is -2.38. The van der Waals surface area contributed by atoms with Crippen molar-refractivity contribution in [3.05, 3.63) is 11.9 Å². The number of hydrogen-bond donors (Lipinski definition) is 2. The van der Waals surface area contributed by atoms with Gasteiger partial charge in [-0.25, -0.2) is 4.98 Å². The Labute approximate surface area is 102 Å². The highest BCUT2D eigenvalue weighted by Crippen LogP contribution is 2.15. The summed E-state index contributed by atoms with van der Waals surface area (Å²) in [5.41, 5.74) is 0. The fraction of sp³-hybridized carbons (Fsp3) is 0.667. The van der Waals surface area contributed by atoms with Crippen molar-refractivity contribution in [3.8, 4) is 5.88 Å². The number of anilines is 1. The standard InChI is InChI=1S/C12H20N4O/c1-3-17-12-7-11(14-9(2)15-12)16-10-5-4-6-13-8-10/h7,10,13H,3-6,8H2,1-2H3,(H,14,15,16). The van der Waals surface area contributed by atoms with Crippen LogP contribution in [0.4, 0.5) is 5.82 Å². The monoisotopic (exact) mass is 236 g/mol. The molecule has 0 radical (unpaired) electrons. The predicted octanol–water partition coefficient (Wildman–Crippen LogP) is 1.35. The molecule has 94 valence electrons. The molecule has 0 aliphatic carbocycles. The Hall–Kier alpha value is -1.36. The van der Waals surface area contributed by atoms with Crippen LogP contribution < -0.4 is 15.4 Å². The van der Waals surface area contributed by atoms with E-state index in [4.69, 9.17) is 4.74 Å². The summed E-state index contributed by atoms with van der Waals surface area (Å²) in [7, 11) is 0. The third kappa shape index (κ3) is 3.56. The van der Waals surface area contributed by atoms with E-state index in [1.165, 1.54) is 12.8 Å². The summed E-state index contributed by atoms with van der Waals surface area (Å²) in [6.07, 6.45) is 2.39. The smallest absolute Gasteiger partial charge is 0.218 e. The molecule has 0 aromatic carbocycles. The minimum absolute atomic E-state index is 0.451. The Kier molecular flexibility index (Phi) is 4.14. The first-order valence-corrected chi connectivity index (χ1v) is 6.23. The Morgan fingerprint density at radius 2 is 2.41 bits per heavy atom. The summed E-state index contributed by atoms with van der Waals surface area (Å²) < 4.78 is 5.41. The second-order valence-corrected chi connectivity index (χ2v) is 4.26. The first-order valence-electron chi connectivity index (χ1n) is 6.23. The van der Waals surface area contributed by atoms with Crippen molar-refractivity contribution in [2.45, 2.75) is 32.7 Å². The number of nitrogens with zero attached hydrogens (tertiary/aromatic N) is 2. The van der Waals surface area contributed by atoms with Crippen LogP contribution in [0, 0.1) is 6.92 Å². The fourth-order valence-corrected chi connectivity index (χ4v) is 2.02. The van der Waals surface area contributed by atoms with E-state index in [1.54, 1.807) is 0 Å². The van der Waals surface area contributed by atoms with Crippen LogP contribution in [0.5, 0.6) is 5.88 Å². The molecule has 1 unspecified atom stereocenters. The van der Waals surface area contributed by atoms with Crippen molar-refractivity contribution in [2.75, 3.05) is 25.0 Å². The van der Waals surface area contributed by atoms with E-state index in [1.807, 2.05) is 19.9 Å². The third-order valence-corrected chi connectivity index (χ3v) is 2.76. The average molecular weight is 236 g/mol. The van der Waals surface area contributed by atoms with Crippen molar-refractivity contribution in [1.29, 1.82) is 0 Å². The van der Waals surface area contributed by atoms with Gasteiger partial charge in [-0.05, 0) is 33.2 Å². The van der Waals surface area contributed by atoms with E-state index < -0.39 is 0 Å². The highest BCUT2D eigenvalue weighted by molar-refractivity contribution is 5.39. The van der Waals surface area contributed by atoms with Crippen molar-refractivity contribution >= 4 is 5.82 Å². The van der Waals surface area contributed by atoms with Gasteiger partial charge in [0, 0.05) is 18.7 Å². The molecule has 5 nitrogen and oxygen atoms in total. The van der Waals surface area contributed by atoms with Gasteiger partial charge in [-0.15, -0.1) is 0 Å². The zero-order valence-electron chi connectivity index (χ0n) is 10.5. The van der Waals surface area contributed by atoms with Crippen LogP contribution in [0.2, 0.25) is 0 Å². The van der Waals surface area contributed by atoms with Crippen LogP contribution >= 0.6 is 0 Å². The molecule has 1 aromatic heterocycles. The van der Waals surface area contributed by atoms with Gasteiger partial charge in [-0.3, -0.25) is 0 Å². The van der Waals surface area contributed by atoms with Gasteiger partial charge >= 0.3 is 0 Å². The molecule has 0 saturated carbocycles. The molecule has 0 bridgehead atoms. The van der Waals surface area contributed by atoms with E-state index in [9.17, 15) is 0 Å². The normalized spacial score (nSPS) is 20.0. The molecule has 1 saturated heterocycles. The molecule has 0 amide bonds. The molecule has 1 atom stereocenters. The Morgan fingerprint density at radius 1 is 1.53 bits per heavy atom. The van der Waals surface area contributed by atoms with Crippen LogP contribution in [-0.2, 0) is 0 Å². The van der Waals surface area contributed by atoms with Crippen molar-refractivity contribution in [2.24, 2.45) is 0 Å². The number of aryl methyl sites for hydroxylation is 1. The number of aromatic nitrogens is 2. The lowest BCUT2D eigenvalue weighted by molar-refractivity contribution is 0.325. The van der Waals surface area contributed by atoms with Gasteiger partial charge in [0.1, 0.15) is 11.6 Å². The highest BCUT2D eigenvalue weighted by Gasteiger charge is 2.13. The van der Waals surface area contributed by atoms with Crippen LogP contribution in [-0.4, -0.2) is 35.7 Å². The number of ether oxygens (including phenoxy) is 1. The summed E-state index contributed by atoms with van der Waals surface area (Å²) in [4.78, 5) is 8.61. The predicted molar refractivity (Wildman–Crippen MR) is 67.5 cm³/mol. The third-order valence-electron chi connectivity index (χ3n) is 2.76. The van der Waals surface area contributed by atoms with Crippen molar-refractivity contribution in [1.82, 2.24) is 15.3 Å². The van der Waals surface area contributed by atoms with Crippen LogP contribution in [0.15, 0.2) is 6.07 Å². The molecule has 5 heteroatoms.